The van der Waals surface area contributed by atoms with Crippen LogP contribution in [-0.2, 0) is 4.79 Å². The zero-order valence-corrected chi connectivity index (χ0v) is 11.6. The monoisotopic (exact) mass is 280 g/mol. The van der Waals surface area contributed by atoms with Crippen molar-refractivity contribution < 1.29 is 4.79 Å². The van der Waals surface area contributed by atoms with Gasteiger partial charge in [-0.2, -0.15) is 5.26 Å². The highest BCUT2D eigenvalue weighted by molar-refractivity contribution is 5.83. The van der Waals surface area contributed by atoms with E-state index in [2.05, 4.69) is 16.0 Å². The summed E-state index contributed by atoms with van der Waals surface area (Å²) in [7, 11) is 0. The first-order valence-corrected chi connectivity index (χ1v) is 7.03. The van der Waals surface area contributed by atoms with Crippen molar-refractivity contribution in [3.8, 4) is 6.07 Å². The van der Waals surface area contributed by atoms with E-state index in [-0.39, 0.29) is 11.8 Å². The summed E-state index contributed by atoms with van der Waals surface area (Å²) in [6, 6.07) is 11.9. The molecule has 1 aliphatic heterocycles. The fourth-order valence-electron chi connectivity index (χ4n) is 2.80. The topological polar surface area (TPSA) is 83.0 Å². The molecule has 2 heterocycles. The summed E-state index contributed by atoms with van der Waals surface area (Å²) in [5.74, 6) is 0.410. The Morgan fingerprint density at radius 2 is 2.05 bits per heavy atom. The minimum atomic E-state index is -0.235. The normalized spacial score (nSPS) is 15.9. The molecule has 3 rings (SSSR count). The summed E-state index contributed by atoms with van der Waals surface area (Å²) >= 11 is 0. The van der Waals surface area contributed by atoms with Crippen molar-refractivity contribution in [3.63, 3.8) is 0 Å². The SMILES string of the molecule is N#Cc1cc2ccccc2nc1N1CCC(C(N)=O)CC1. The number of fused-ring (bicyclic) bond motifs is 1. The molecular weight excluding hydrogens is 264 g/mol. The average molecular weight is 280 g/mol. The van der Waals surface area contributed by atoms with Gasteiger partial charge < -0.3 is 10.6 Å². The Balaban J connectivity index is 1.93. The number of aromatic nitrogens is 1. The molecule has 1 aliphatic rings. The molecule has 0 saturated carbocycles. The molecule has 2 aromatic rings. The number of para-hydroxylation sites is 1. The first kappa shape index (κ1) is 13.4. The second-order valence-electron chi connectivity index (χ2n) is 5.33. The number of hydrogen-bond acceptors (Lipinski definition) is 4. The second kappa shape index (κ2) is 5.41. The number of carbonyl (C=O) groups excluding carboxylic acids is 1. The molecule has 0 unspecified atom stereocenters. The van der Waals surface area contributed by atoms with Gasteiger partial charge >= 0.3 is 0 Å². The van der Waals surface area contributed by atoms with Gasteiger partial charge in [-0.1, -0.05) is 18.2 Å². The first-order chi connectivity index (χ1) is 10.2. The lowest BCUT2D eigenvalue weighted by molar-refractivity contribution is -0.122. The zero-order chi connectivity index (χ0) is 14.8. The van der Waals surface area contributed by atoms with Gasteiger partial charge in [0.1, 0.15) is 11.9 Å². The summed E-state index contributed by atoms with van der Waals surface area (Å²) in [6.07, 6.45) is 1.43. The minimum Gasteiger partial charge on any atom is -0.369 e. The number of primary amides is 1. The molecule has 5 nitrogen and oxygen atoms in total. The highest BCUT2D eigenvalue weighted by Crippen LogP contribution is 2.27. The molecule has 5 heteroatoms. The molecule has 1 saturated heterocycles. The van der Waals surface area contributed by atoms with Crippen LogP contribution in [0.5, 0.6) is 0 Å². The van der Waals surface area contributed by atoms with E-state index in [1.54, 1.807) is 0 Å². The third kappa shape index (κ3) is 2.52. The van der Waals surface area contributed by atoms with Crippen molar-refractivity contribution in [2.75, 3.05) is 18.0 Å². The van der Waals surface area contributed by atoms with E-state index in [1.165, 1.54) is 0 Å². The molecule has 1 aromatic carbocycles. The van der Waals surface area contributed by atoms with Gasteiger partial charge in [-0.05, 0) is 25.0 Å². The van der Waals surface area contributed by atoms with Gasteiger partial charge in [-0.25, -0.2) is 4.98 Å². The predicted octanol–water partition coefficient (Wildman–Crippen LogP) is 1.81. The van der Waals surface area contributed by atoms with Gasteiger partial charge in [0, 0.05) is 24.4 Å². The van der Waals surface area contributed by atoms with Crippen LogP contribution in [0.2, 0.25) is 0 Å². The molecule has 106 valence electrons. The lowest BCUT2D eigenvalue weighted by atomic mass is 9.96. The highest BCUT2D eigenvalue weighted by atomic mass is 16.1. The van der Waals surface area contributed by atoms with E-state index in [0.29, 0.717) is 37.3 Å². The molecule has 0 atom stereocenters. The van der Waals surface area contributed by atoms with Crippen molar-refractivity contribution in [1.29, 1.82) is 5.26 Å². The Bertz CT molecular complexity index is 727. The van der Waals surface area contributed by atoms with E-state index in [1.807, 2.05) is 30.3 Å². The van der Waals surface area contributed by atoms with E-state index < -0.39 is 0 Å². The summed E-state index contributed by atoms with van der Waals surface area (Å²) in [5.41, 5.74) is 6.81. The average Bonchev–Trinajstić information content (AvgIpc) is 2.53. The summed E-state index contributed by atoms with van der Waals surface area (Å²) in [5, 5.41) is 10.3. The minimum absolute atomic E-state index is 0.0627. The molecule has 0 bridgehead atoms. The third-order valence-electron chi connectivity index (χ3n) is 4.02. The van der Waals surface area contributed by atoms with E-state index in [9.17, 15) is 10.1 Å². The van der Waals surface area contributed by atoms with Gasteiger partial charge in [-0.3, -0.25) is 4.79 Å². The fraction of sp³-hybridized carbons (Fsp3) is 0.312. The number of anilines is 1. The van der Waals surface area contributed by atoms with Crippen molar-refractivity contribution in [2.24, 2.45) is 11.7 Å². The molecule has 0 spiro atoms. The largest absolute Gasteiger partial charge is 0.369 e. The van der Waals surface area contributed by atoms with Gasteiger partial charge in [0.2, 0.25) is 5.91 Å². The van der Waals surface area contributed by atoms with Crippen molar-refractivity contribution in [3.05, 3.63) is 35.9 Å². The second-order valence-corrected chi connectivity index (χ2v) is 5.33. The van der Waals surface area contributed by atoms with Crippen LogP contribution < -0.4 is 10.6 Å². The summed E-state index contributed by atoms with van der Waals surface area (Å²) in [4.78, 5) is 17.9. The van der Waals surface area contributed by atoms with Crippen LogP contribution in [0, 0.1) is 17.2 Å². The predicted molar refractivity (Wildman–Crippen MR) is 80.6 cm³/mol. The molecule has 1 fully saturated rings. The first-order valence-electron chi connectivity index (χ1n) is 7.03. The number of nitrogens with two attached hydrogens (primary N) is 1. The van der Waals surface area contributed by atoms with Crippen LogP contribution in [-0.4, -0.2) is 24.0 Å². The maximum absolute atomic E-state index is 11.2. The number of amides is 1. The molecular formula is C16H16N4O. The quantitative estimate of drug-likeness (QED) is 0.909. The van der Waals surface area contributed by atoms with Crippen LogP contribution in [0.1, 0.15) is 18.4 Å². The Kier molecular flexibility index (Phi) is 3.44. The van der Waals surface area contributed by atoms with E-state index in [0.717, 1.165) is 10.9 Å². The maximum Gasteiger partial charge on any atom is 0.220 e. The lowest BCUT2D eigenvalue weighted by Gasteiger charge is -2.32. The number of benzene rings is 1. The van der Waals surface area contributed by atoms with Crippen LogP contribution in [0.15, 0.2) is 30.3 Å². The van der Waals surface area contributed by atoms with Crippen LogP contribution >= 0.6 is 0 Å². The number of pyridine rings is 1. The Morgan fingerprint density at radius 1 is 1.33 bits per heavy atom. The number of carbonyl (C=O) groups is 1. The third-order valence-corrected chi connectivity index (χ3v) is 4.02. The fourth-order valence-corrected chi connectivity index (χ4v) is 2.80. The van der Waals surface area contributed by atoms with Gasteiger partial charge in [0.05, 0.1) is 11.1 Å². The molecule has 1 amide bonds. The number of rotatable bonds is 2. The molecule has 1 aromatic heterocycles. The van der Waals surface area contributed by atoms with Crippen molar-refractivity contribution in [1.82, 2.24) is 4.98 Å². The Labute approximate surface area is 123 Å². The smallest absolute Gasteiger partial charge is 0.220 e. The molecule has 2 N–H and O–H groups in total. The number of nitrogens with zero attached hydrogens (tertiary/aromatic N) is 3. The number of piperidine rings is 1. The van der Waals surface area contributed by atoms with Crippen LogP contribution in [0.3, 0.4) is 0 Å². The van der Waals surface area contributed by atoms with Crippen LogP contribution in [0.4, 0.5) is 5.82 Å². The van der Waals surface area contributed by atoms with Gasteiger partial charge in [0.15, 0.2) is 0 Å². The molecule has 0 aliphatic carbocycles. The number of hydrogen-bond donors (Lipinski definition) is 1. The van der Waals surface area contributed by atoms with Gasteiger partial charge in [0.25, 0.3) is 0 Å². The van der Waals surface area contributed by atoms with E-state index >= 15 is 0 Å². The standard InChI is InChI=1S/C16H16N4O/c17-10-13-9-12-3-1-2-4-14(12)19-16(13)20-7-5-11(6-8-20)15(18)21/h1-4,9,11H,5-8H2,(H2,18,21). The Morgan fingerprint density at radius 3 is 2.71 bits per heavy atom. The maximum atomic E-state index is 11.2. The summed E-state index contributed by atoms with van der Waals surface area (Å²) in [6.45, 7) is 1.40. The molecule has 21 heavy (non-hydrogen) atoms. The number of nitriles is 1. The lowest BCUT2D eigenvalue weighted by Crippen LogP contribution is -2.39. The zero-order valence-electron chi connectivity index (χ0n) is 11.6. The van der Waals surface area contributed by atoms with Crippen molar-refractivity contribution in [2.45, 2.75) is 12.8 Å². The highest BCUT2D eigenvalue weighted by Gasteiger charge is 2.25. The van der Waals surface area contributed by atoms with Crippen molar-refractivity contribution >= 4 is 22.6 Å². The Hall–Kier alpha value is -2.61. The summed E-state index contributed by atoms with van der Waals surface area (Å²) < 4.78 is 0. The van der Waals surface area contributed by atoms with Crippen LogP contribution in [0.25, 0.3) is 10.9 Å². The van der Waals surface area contributed by atoms with E-state index in [4.69, 9.17) is 5.73 Å². The van der Waals surface area contributed by atoms with Gasteiger partial charge in [-0.15, -0.1) is 0 Å². The molecule has 0 radical (unpaired) electrons.